The van der Waals surface area contributed by atoms with Gasteiger partial charge in [0.05, 0.1) is 0 Å². The maximum atomic E-state index is 12.4. The lowest BCUT2D eigenvalue weighted by Gasteiger charge is -2.21. The molecule has 0 N–H and O–H groups in total. The second-order valence-electron chi connectivity index (χ2n) is 5.09. The van der Waals surface area contributed by atoms with Crippen LogP contribution in [0.2, 0.25) is 0 Å². The lowest BCUT2D eigenvalue weighted by atomic mass is 9.88. The Morgan fingerprint density at radius 1 is 0.947 bits per heavy atom. The molecule has 0 saturated carbocycles. The number of alkyl halides is 1. The average molecular weight is 281 g/mol. The van der Waals surface area contributed by atoms with E-state index in [4.69, 9.17) is 11.6 Å². The summed E-state index contributed by atoms with van der Waals surface area (Å²) in [5.74, 6) is -0.812. The molecule has 0 aliphatic carbocycles. The van der Waals surface area contributed by atoms with Crippen molar-refractivity contribution < 1.29 is 9.59 Å². The van der Waals surface area contributed by atoms with Crippen LogP contribution in [0.3, 0.4) is 0 Å². The number of benzene rings is 1. The van der Waals surface area contributed by atoms with Gasteiger partial charge in [-0.15, -0.1) is 0 Å². The fourth-order valence-corrected chi connectivity index (χ4v) is 3.29. The van der Waals surface area contributed by atoms with Crippen molar-refractivity contribution in [1.29, 1.82) is 0 Å². The third kappa shape index (κ3) is 1.74. The van der Waals surface area contributed by atoms with Gasteiger partial charge in [-0.1, -0.05) is 29.3 Å². The number of hydrazine groups is 1. The molecule has 1 fully saturated rings. The largest absolute Gasteiger partial charge is 0.276 e. The molecule has 4 nitrogen and oxygen atoms in total. The number of rotatable bonds is 1. The zero-order valence-electron chi connectivity index (χ0n) is 11.7. The highest BCUT2D eigenvalue weighted by molar-refractivity contribution is 6.47. The van der Waals surface area contributed by atoms with E-state index in [0.717, 1.165) is 16.7 Å². The number of amides is 2. The third-order valence-electron chi connectivity index (χ3n) is 3.65. The number of halogens is 1. The van der Waals surface area contributed by atoms with E-state index < -0.39 is 16.7 Å². The van der Waals surface area contributed by atoms with Gasteiger partial charge in [-0.25, -0.2) is 0 Å². The van der Waals surface area contributed by atoms with Crippen molar-refractivity contribution in [3.05, 3.63) is 34.4 Å². The van der Waals surface area contributed by atoms with Gasteiger partial charge >= 0.3 is 0 Å². The summed E-state index contributed by atoms with van der Waals surface area (Å²) >= 11 is 6.47. The first kappa shape index (κ1) is 13.9. The molecule has 2 amide bonds. The predicted molar refractivity (Wildman–Crippen MR) is 73.7 cm³/mol. The van der Waals surface area contributed by atoms with Crippen molar-refractivity contribution in [2.75, 3.05) is 14.1 Å². The maximum Gasteiger partial charge on any atom is 0.276 e. The predicted octanol–water partition coefficient (Wildman–Crippen LogP) is 1.89. The van der Waals surface area contributed by atoms with E-state index in [0.29, 0.717) is 5.56 Å². The van der Waals surface area contributed by atoms with E-state index in [1.54, 1.807) is 14.1 Å². The van der Waals surface area contributed by atoms with Gasteiger partial charge in [0.25, 0.3) is 11.8 Å². The van der Waals surface area contributed by atoms with Crippen LogP contribution >= 0.6 is 11.6 Å². The first-order chi connectivity index (χ1) is 8.71. The van der Waals surface area contributed by atoms with Crippen LogP contribution in [0, 0.1) is 20.8 Å². The molecule has 0 aromatic heterocycles. The summed E-state index contributed by atoms with van der Waals surface area (Å²) in [6.45, 7) is 5.72. The van der Waals surface area contributed by atoms with Crippen LogP contribution < -0.4 is 0 Å². The summed E-state index contributed by atoms with van der Waals surface area (Å²) in [4.78, 5) is 23.1. The highest BCUT2D eigenvalue weighted by atomic mass is 35.5. The van der Waals surface area contributed by atoms with E-state index >= 15 is 0 Å². The fourth-order valence-electron chi connectivity index (χ4n) is 2.75. The number of hydrogen-bond donors (Lipinski definition) is 0. The topological polar surface area (TPSA) is 40.6 Å². The summed E-state index contributed by atoms with van der Waals surface area (Å²) in [6.07, 6.45) is 0. The lowest BCUT2D eigenvalue weighted by Crippen LogP contribution is -2.36. The Morgan fingerprint density at radius 3 is 1.68 bits per heavy atom. The van der Waals surface area contributed by atoms with Crippen molar-refractivity contribution in [3.63, 3.8) is 0 Å². The van der Waals surface area contributed by atoms with E-state index in [-0.39, 0.29) is 0 Å². The summed E-state index contributed by atoms with van der Waals surface area (Å²) in [5, 5.41) is 2.52. The van der Waals surface area contributed by atoms with Gasteiger partial charge in [0.1, 0.15) is 0 Å². The van der Waals surface area contributed by atoms with Gasteiger partial charge in [-0.2, -0.15) is 0 Å². The second-order valence-corrected chi connectivity index (χ2v) is 5.66. The second kappa shape index (κ2) is 4.23. The van der Waals surface area contributed by atoms with E-state index in [1.165, 1.54) is 10.0 Å². The molecule has 5 heteroatoms. The van der Waals surface area contributed by atoms with Crippen molar-refractivity contribution >= 4 is 23.4 Å². The minimum atomic E-state index is -1.63. The van der Waals surface area contributed by atoms with Crippen LogP contribution in [0.15, 0.2) is 12.1 Å². The molecule has 102 valence electrons. The van der Waals surface area contributed by atoms with Crippen LogP contribution in [-0.2, 0) is 14.5 Å². The Hall–Kier alpha value is -1.55. The number of likely N-dealkylation sites (N-methyl/N-ethyl adjacent to an activating group) is 2. The Bertz CT molecular complexity index is 540. The standard InChI is InChI=1S/C14H17ClN2O2/c1-8-6-9(2)11(10(3)7-8)14(15)12(18)16(4)17(5)13(14)19/h6-7H,1-5H3. The normalized spacial score (nSPS) is 18.4. The average Bonchev–Trinajstić information content (AvgIpc) is 2.45. The van der Waals surface area contributed by atoms with Crippen LogP contribution in [0.1, 0.15) is 22.3 Å². The molecule has 1 aromatic carbocycles. The van der Waals surface area contributed by atoms with E-state index in [1.807, 2.05) is 32.9 Å². The van der Waals surface area contributed by atoms with Crippen molar-refractivity contribution in [2.45, 2.75) is 25.6 Å². The van der Waals surface area contributed by atoms with E-state index in [2.05, 4.69) is 0 Å². The monoisotopic (exact) mass is 280 g/mol. The van der Waals surface area contributed by atoms with Gasteiger partial charge in [-0.3, -0.25) is 19.6 Å². The molecule has 2 rings (SSSR count). The maximum absolute atomic E-state index is 12.4. The molecule has 0 bridgehead atoms. The molecule has 0 spiro atoms. The highest BCUT2D eigenvalue weighted by Gasteiger charge is 2.57. The molecular formula is C14H17ClN2O2. The minimum absolute atomic E-state index is 0.406. The molecular weight excluding hydrogens is 264 g/mol. The summed E-state index contributed by atoms with van der Waals surface area (Å²) in [7, 11) is 3.09. The van der Waals surface area contributed by atoms with Crippen molar-refractivity contribution in [3.8, 4) is 0 Å². The number of carbonyl (C=O) groups excluding carboxylic acids is 2. The molecule has 1 saturated heterocycles. The lowest BCUT2D eigenvalue weighted by molar-refractivity contribution is -0.141. The number of hydrogen-bond acceptors (Lipinski definition) is 2. The molecule has 0 unspecified atom stereocenters. The summed E-state index contributed by atoms with van der Waals surface area (Å²) in [6, 6.07) is 3.87. The van der Waals surface area contributed by atoms with Gasteiger partial charge in [0.2, 0.25) is 4.87 Å². The fraction of sp³-hybridized carbons (Fsp3) is 0.429. The zero-order chi connectivity index (χ0) is 14.5. The number of carbonyl (C=O) groups is 2. The third-order valence-corrected chi connectivity index (χ3v) is 4.16. The van der Waals surface area contributed by atoms with E-state index in [9.17, 15) is 9.59 Å². The van der Waals surface area contributed by atoms with Crippen LogP contribution in [0.4, 0.5) is 0 Å². The molecule has 0 radical (unpaired) electrons. The summed E-state index contributed by atoms with van der Waals surface area (Å²) in [5.41, 5.74) is 3.40. The van der Waals surface area contributed by atoms with Crippen LogP contribution in [0.25, 0.3) is 0 Å². The summed E-state index contributed by atoms with van der Waals surface area (Å²) < 4.78 is 0. The van der Waals surface area contributed by atoms with Crippen LogP contribution in [-0.4, -0.2) is 35.9 Å². The van der Waals surface area contributed by atoms with Gasteiger partial charge in [-0.05, 0) is 37.5 Å². The first-order valence-electron chi connectivity index (χ1n) is 6.04. The van der Waals surface area contributed by atoms with Gasteiger partial charge in [0, 0.05) is 14.1 Å². The first-order valence-corrected chi connectivity index (χ1v) is 6.42. The zero-order valence-corrected chi connectivity index (χ0v) is 12.5. The quantitative estimate of drug-likeness (QED) is 0.582. The molecule has 0 atom stereocenters. The number of aryl methyl sites for hydroxylation is 3. The van der Waals surface area contributed by atoms with Crippen molar-refractivity contribution in [1.82, 2.24) is 10.0 Å². The molecule has 1 aromatic rings. The highest BCUT2D eigenvalue weighted by Crippen LogP contribution is 2.41. The molecule has 1 heterocycles. The van der Waals surface area contributed by atoms with Gasteiger partial charge < -0.3 is 0 Å². The smallest absolute Gasteiger partial charge is 0.270 e. The Morgan fingerprint density at radius 2 is 1.32 bits per heavy atom. The van der Waals surface area contributed by atoms with Gasteiger partial charge in [0.15, 0.2) is 0 Å². The number of nitrogens with zero attached hydrogens (tertiary/aromatic N) is 2. The molecule has 1 aliphatic rings. The minimum Gasteiger partial charge on any atom is -0.270 e. The SMILES string of the molecule is Cc1cc(C)c(C2(Cl)C(=O)N(C)N(C)C2=O)c(C)c1. The Balaban J connectivity index is 2.71. The van der Waals surface area contributed by atoms with Crippen molar-refractivity contribution in [2.24, 2.45) is 0 Å². The molecule has 19 heavy (non-hydrogen) atoms. The molecule has 1 aliphatic heterocycles. The van der Waals surface area contributed by atoms with Crippen LogP contribution in [0.5, 0.6) is 0 Å². The Kier molecular flexibility index (Phi) is 3.09. The Labute approximate surface area is 117 Å².